The fraction of sp³-hybridized carbons (Fsp3) is 0.929. The summed E-state index contributed by atoms with van der Waals surface area (Å²) in [6.07, 6.45) is 2.34. The van der Waals surface area contributed by atoms with Gasteiger partial charge in [0, 0.05) is 18.6 Å². The van der Waals surface area contributed by atoms with Crippen molar-refractivity contribution >= 4 is 18.3 Å². The minimum atomic E-state index is 0. The number of halogens is 1. The third-order valence-electron chi connectivity index (χ3n) is 4.04. The van der Waals surface area contributed by atoms with Gasteiger partial charge in [0.15, 0.2) is 0 Å². The van der Waals surface area contributed by atoms with Crippen LogP contribution in [0.3, 0.4) is 0 Å². The van der Waals surface area contributed by atoms with Gasteiger partial charge in [0.25, 0.3) is 0 Å². The lowest BCUT2D eigenvalue weighted by Crippen LogP contribution is -2.48. The molecule has 5 heteroatoms. The van der Waals surface area contributed by atoms with Crippen molar-refractivity contribution in [2.45, 2.75) is 52.6 Å². The van der Waals surface area contributed by atoms with E-state index in [9.17, 15) is 4.79 Å². The summed E-state index contributed by atoms with van der Waals surface area (Å²) in [7, 11) is 0. The predicted octanol–water partition coefficient (Wildman–Crippen LogP) is 1.63. The molecule has 1 rings (SSSR count). The van der Waals surface area contributed by atoms with Gasteiger partial charge < -0.3 is 11.1 Å². The highest BCUT2D eigenvalue weighted by Crippen LogP contribution is 2.18. The zero-order valence-electron chi connectivity index (χ0n) is 12.7. The molecule has 19 heavy (non-hydrogen) atoms. The number of hydrogen-bond donors (Lipinski definition) is 2. The number of likely N-dealkylation sites (tertiary alicyclic amines) is 1. The van der Waals surface area contributed by atoms with Crippen LogP contribution >= 0.6 is 12.4 Å². The summed E-state index contributed by atoms with van der Waals surface area (Å²) in [5, 5.41) is 3.06. The van der Waals surface area contributed by atoms with E-state index in [-0.39, 0.29) is 30.4 Å². The monoisotopic (exact) mass is 291 g/mol. The minimum absolute atomic E-state index is 0. The van der Waals surface area contributed by atoms with Gasteiger partial charge in [-0.05, 0) is 45.1 Å². The molecule has 0 bridgehead atoms. The van der Waals surface area contributed by atoms with Crippen molar-refractivity contribution in [1.29, 1.82) is 0 Å². The molecule has 3 atom stereocenters. The van der Waals surface area contributed by atoms with E-state index in [2.05, 4.69) is 37.9 Å². The van der Waals surface area contributed by atoms with Crippen LogP contribution in [0.4, 0.5) is 0 Å². The normalized spacial score (nSPS) is 23.6. The quantitative estimate of drug-likeness (QED) is 0.809. The number of rotatable bonds is 5. The lowest BCUT2D eigenvalue weighted by Gasteiger charge is -2.34. The molecule has 1 amide bonds. The van der Waals surface area contributed by atoms with Gasteiger partial charge in [-0.2, -0.15) is 0 Å². The standard InChI is InChI=1S/C14H29N3O.ClH/c1-10(2)12(4)16-14(18)9-17-7-5-6-13(8-17)11(3)15;/h10-13H,5-9,15H2,1-4H3,(H,16,18);1H. The molecule has 0 aromatic carbocycles. The van der Waals surface area contributed by atoms with Crippen LogP contribution in [-0.2, 0) is 4.79 Å². The molecule has 1 saturated heterocycles. The summed E-state index contributed by atoms with van der Waals surface area (Å²) in [4.78, 5) is 14.2. The van der Waals surface area contributed by atoms with E-state index in [1.165, 1.54) is 6.42 Å². The van der Waals surface area contributed by atoms with Crippen LogP contribution in [0.2, 0.25) is 0 Å². The molecule has 1 fully saturated rings. The van der Waals surface area contributed by atoms with Crippen LogP contribution in [0.5, 0.6) is 0 Å². The second-order valence-corrected chi connectivity index (χ2v) is 6.10. The SMILES string of the molecule is CC(C)C(C)NC(=O)CN1CCCC(C(C)N)C1.Cl. The Labute approximate surface area is 123 Å². The van der Waals surface area contributed by atoms with Crippen molar-refractivity contribution in [1.82, 2.24) is 10.2 Å². The maximum Gasteiger partial charge on any atom is 0.234 e. The largest absolute Gasteiger partial charge is 0.352 e. The summed E-state index contributed by atoms with van der Waals surface area (Å²) in [5.41, 5.74) is 5.95. The molecule has 114 valence electrons. The second-order valence-electron chi connectivity index (χ2n) is 6.10. The Morgan fingerprint density at radius 2 is 2.00 bits per heavy atom. The van der Waals surface area contributed by atoms with E-state index in [0.29, 0.717) is 18.4 Å². The molecule has 0 aromatic heterocycles. The van der Waals surface area contributed by atoms with Gasteiger partial charge in [-0.25, -0.2) is 0 Å². The molecule has 0 radical (unpaired) electrons. The van der Waals surface area contributed by atoms with Crippen LogP contribution in [-0.4, -0.2) is 42.5 Å². The van der Waals surface area contributed by atoms with Gasteiger partial charge in [-0.3, -0.25) is 9.69 Å². The maximum atomic E-state index is 11.9. The van der Waals surface area contributed by atoms with Crippen molar-refractivity contribution in [3.05, 3.63) is 0 Å². The molecule has 0 aliphatic carbocycles. The molecule has 0 saturated carbocycles. The summed E-state index contributed by atoms with van der Waals surface area (Å²) in [6, 6.07) is 0.469. The van der Waals surface area contributed by atoms with Crippen LogP contribution < -0.4 is 11.1 Å². The Bertz CT molecular complexity index is 271. The van der Waals surface area contributed by atoms with Crippen LogP contribution in [0.15, 0.2) is 0 Å². The number of nitrogens with two attached hydrogens (primary N) is 1. The first-order valence-electron chi connectivity index (χ1n) is 7.17. The number of nitrogens with zero attached hydrogens (tertiary/aromatic N) is 1. The fourth-order valence-electron chi connectivity index (χ4n) is 2.33. The van der Waals surface area contributed by atoms with Crippen molar-refractivity contribution in [3.63, 3.8) is 0 Å². The van der Waals surface area contributed by atoms with Gasteiger partial charge in [0.1, 0.15) is 0 Å². The topological polar surface area (TPSA) is 58.4 Å². The van der Waals surface area contributed by atoms with Crippen LogP contribution in [0.25, 0.3) is 0 Å². The number of carbonyl (C=O) groups excluding carboxylic acids is 1. The molecule has 1 aliphatic heterocycles. The minimum Gasteiger partial charge on any atom is -0.352 e. The van der Waals surface area contributed by atoms with Crippen molar-refractivity contribution < 1.29 is 4.79 Å². The van der Waals surface area contributed by atoms with Crippen molar-refractivity contribution in [3.8, 4) is 0 Å². The molecular formula is C14H30ClN3O. The average molecular weight is 292 g/mol. The number of piperidine rings is 1. The fourth-order valence-corrected chi connectivity index (χ4v) is 2.33. The van der Waals surface area contributed by atoms with Crippen LogP contribution in [0.1, 0.15) is 40.5 Å². The smallest absolute Gasteiger partial charge is 0.234 e. The average Bonchev–Trinajstić information content (AvgIpc) is 2.28. The molecule has 0 spiro atoms. The first-order chi connectivity index (χ1) is 8.40. The van der Waals surface area contributed by atoms with Crippen molar-refractivity contribution in [2.75, 3.05) is 19.6 Å². The Balaban J connectivity index is 0.00000324. The Morgan fingerprint density at radius 1 is 1.37 bits per heavy atom. The van der Waals surface area contributed by atoms with Crippen molar-refractivity contribution in [2.24, 2.45) is 17.6 Å². The summed E-state index contributed by atoms with van der Waals surface area (Å²) in [6.45, 7) is 10.9. The van der Waals surface area contributed by atoms with E-state index >= 15 is 0 Å². The van der Waals surface area contributed by atoms with E-state index in [0.717, 1.165) is 19.5 Å². The van der Waals surface area contributed by atoms with Gasteiger partial charge in [0.2, 0.25) is 5.91 Å². The van der Waals surface area contributed by atoms with E-state index in [1.807, 2.05) is 0 Å². The predicted molar refractivity (Wildman–Crippen MR) is 82.5 cm³/mol. The van der Waals surface area contributed by atoms with E-state index in [1.54, 1.807) is 0 Å². The lowest BCUT2D eigenvalue weighted by atomic mass is 9.92. The summed E-state index contributed by atoms with van der Waals surface area (Å²) < 4.78 is 0. The summed E-state index contributed by atoms with van der Waals surface area (Å²) >= 11 is 0. The number of carbonyl (C=O) groups is 1. The third-order valence-corrected chi connectivity index (χ3v) is 4.04. The molecule has 1 aliphatic rings. The lowest BCUT2D eigenvalue weighted by molar-refractivity contribution is -0.123. The highest BCUT2D eigenvalue weighted by molar-refractivity contribution is 5.85. The highest BCUT2D eigenvalue weighted by Gasteiger charge is 2.24. The number of nitrogens with one attached hydrogen (secondary N) is 1. The van der Waals surface area contributed by atoms with E-state index in [4.69, 9.17) is 5.73 Å². The first kappa shape index (κ1) is 18.7. The van der Waals surface area contributed by atoms with Gasteiger partial charge >= 0.3 is 0 Å². The molecule has 4 nitrogen and oxygen atoms in total. The zero-order chi connectivity index (χ0) is 13.7. The second kappa shape index (κ2) is 8.77. The van der Waals surface area contributed by atoms with Gasteiger partial charge in [0.05, 0.1) is 6.54 Å². The number of amides is 1. The highest BCUT2D eigenvalue weighted by atomic mass is 35.5. The molecule has 1 heterocycles. The zero-order valence-corrected chi connectivity index (χ0v) is 13.5. The molecule has 0 aromatic rings. The maximum absolute atomic E-state index is 11.9. The molecular weight excluding hydrogens is 262 g/mol. The third kappa shape index (κ3) is 6.59. The first-order valence-corrected chi connectivity index (χ1v) is 7.17. The van der Waals surface area contributed by atoms with Gasteiger partial charge in [-0.1, -0.05) is 13.8 Å². The van der Waals surface area contributed by atoms with Crippen LogP contribution in [0, 0.1) is 11.8 Å². The Kier molecular flexibility index (Phi) is 8.62. The summed E-state index contributed by atoms with van der Waals surface area (Å²) in [5.74, 6) is 1.16. The molecule has 3 unspecified atom stereocenters. The number of hydrogen-bond acceptors (Lipinski definition) is 3. The van der Waals surface area contributed by atoms with E-state index < -0.39 is 0 Å². The van der Waals surface area contributed by atoms with Gasteiger partial charge in [-0.15, -0.1) is 12.4 Å². The Hall–Kier alpha value is -0.320. The molecule has 3 N–H and O–H groups in total. The Morgan fingerprint density at radius 3 is 2.53 bits per heavy atom.